The summed E-state index contributed by atoms with van der Waals surface area (Å²) in [6, 6.07) is 4.00. The van der Waals surface area contributed by atoms with Crippen molar-refractivity contribution in [2.24, 2.45) is 0 Å². The molecule has 0 atom stereocenters. The first-order chi connectivity index (χ1) is 12.2. The number of Topliss-reactive ketones (excluding diaryl/α,β-unsaturated/α-hetero) is 1. The summed E-state index contributed by atoms with van der Waals surface area (Å²) >= 11 is 0. The maximum Gasteiger partial charge on any atom is 0.257 e. The summed E-state index contributed by atoms with van der Waals surface area (Å²) in [5.74, 6) is 0.629. The van der Waals surface area contributed by atoms with Gasteiger partial charge in [0.05, 0.1) is 11.1 Å². The molecule has 25 heavy (non-hydrogen) atoms. The van der Waals surface area contributed by atoms with Crippen LogP contribution in [0.15, 0.2) is 35.2 Å². The van der Waals surface area contributed by atoms with Gasteiger partial charge in [0.1, 0.15) is 12.0 Å². The van der Waals surface area contributed by atoms with E-state index in [-0.39, 0.29) is 11.7 Å². The number of aromatic nitrogens is 1. The largest absolute Gasteiger partial charge is 0.468 e. The van der Waals surface area contributed by atoms with Crippen LogP contribution in [0, 0.1) is 0 Å². The lowest BCUT2D eigenvalue weighted by Gasteiger charge is -2.34. The molecule has 1 saturated heterocycles. The number of pyridine rings is 1. The van der Waals surface area contributed by atoms with Crippen LogP contribution in [0.25, 0.3) is 0 Å². The molecule has 0 spiro atoms. The number of nitrogens with zero attached hydrogens (tertiary/aromatic N) is 3. The minimum absolute atomic E-state index is 0.0357. The number of hydrogen-bond acceptors (Lipinski definition) is 5. The van der Waals surface area contributed by atoms with Gasteiger partial charge in [-0.3, -0.25) is 19.5 Å². The molecular formula is C19H21N3O3. The number of carbonyl (C=O) groups is 2. The number of hydrogen-bond donors (Lipinski definition) is 0. The van der Waals surface area contributed by atoms with Gasteiger partial charge in [-0.1, -0.05) is 6.07 Å². The minimum atomic E-state index is -0.0822. The van der Waals surface area contributed by atoms with Gasteiger partial charge in [-0.2, -0.15) is 0 Å². The number of aryl methyl sites for hydroxylation is 1. The SMILES string of the molecule is O=C1CCCc2occ(C(=O)N3CCN(Cc4cccnc4)CC3)c21. The lowest BCUT2D eigenvalue weighted by atomic mass is 9.93. The highest BCUT2D eigenvalue weighted by Crippen LogP contribution is 2.27. The fraction of sp³-hybridized carbons (Fsp3) is 0.421. The molecule has 2 aromatic rings. The molecular weight excluding hydrogens is 318 g/mol. The summed E-state index contributed by atoms with van der Waals surface area (Å²) in [6.45, 7) is 3.79. The van der Waals surface area contributed by atoms with Crippen molar-refractivity contribution < 1.29 is 14.0 Å². The Labute approximate surface area is 146 Å². The fourth-order valence-corrected chi connectivity index (χ4v) is 3.61. The van der Waals surface area contributed by atoms with Crippen LogP contribution in [0.4, 0.5) is 0 Å². The Kier molecular flexibility index (Phi) is 4.36. The molecule has 0 radical (unpaired) electrons. The van der Waals surface area contributed by atoms with Gasteiger partial charge in [-0.05, 0) is 18.1 Å². The van der Waals surface area contributed by atoms with Gasteiger partial charge in [-0.15, -0.1) is 0 Å². The Balaban J connectivity index is 1.40. The van der Waals surface area contributed by atoms with Gasteiger partial charge in [0, 0.05) is 58.0 Å². The van der Waals surface area contributed by atoms with E-state index in [4.69, 9.17) is 4.42 Å². The van der Waals surface area contributed by atoms with Crippen molar-refractivity contribution >= 4 is 11.7 Å². The van der Waals surface area contributed by atoms with Crippen molar-refractivity contribution in [1.82, 2.24) is 14.8 Å². The first kappa shape index (κ1) is 16.0. The molecule has 1 aliphatic heterocycles. The van der Waals surface area contributed by atoms with Crippen LogP contribution in [0.2, 0.25) is 0 Å². The van der Waals surface area contributed by atoms with E-state index in [1.54, 1.807) is 6.20 Å². The van der Waals surface area contributed by atoms with Gasteiger partial charge in [0.2, 0.25) is 0 Å². The van der Waals surface area contributed by atoms with Crippen LogP contribution in [0.5, 0.6) is 0 Å². The lowest BCUT2D eigenvalue weighted by molar-refractivity contribution is 0.0624. The summed E-state index contributed by atoms with van der Waals surface area (Å²) in [6.07, 6.45) is 7.17. The van der Waals surface area contributed by atoms with E-state index in [2.05, 4.69) is 16.0 Å². The Hall–Kier alpha value is -2.47. The first-order valence-electron chi connectivity index (χ1n) is 8.76. The van der Waals surface area contributed by atoms with E-state index in [0.717, 1.165) is 32.5 Å². The predicted octanol–water partition coefficient (Wildman–Crippen LogP) is 2.15. The van der Waals surface area contributed by atoms with Crippen LogP contribution in [0.1, 0.15) is 44.9 Å². The third-order valence-electron chi connectivity index (χ3n) is 4.97. The monoisotopic (exact) mass is 339 g/mol. The first-order valence-corrected chi connectivity index (χ1v) is 8.76. The van der Waals surface area contributed by atoms with Crippen LogP contribution in [0.3, 0.4) is 0 Å². The van der Waals surface area contributed by atoms with Crippen molar-refractivity contribution in [3.63, 3.8) is 0 Å². The van der Waals surface area contributed by atoms with E-state index in [1.807, 2.05) is 17.2 Å². The second-order valence-electron chi connectivity index (χ2n) is 6.65. The predicted molar refractivity (Wildman–Crippen MR) is 91.4 cm³/mol. The molecule has 1 aliphatic carbocycles. The van der Waals surface area contributed by atoms with E-state index >= 15 is 0 Å². The van der Waals surface area contributed by atoms with E-state index in [0.29, 0.717) is 36.4 Å². The zero-order valence-corrected chi connectivity index (χ0v) is 14.1. The average molecular weight is 339 g/mol. The van der Waals surface area contributed by atoms with Crippen LogP contribution >= 0.6 is 0 Å². The average Bonchev–Trinajstić information content (AvgIpc) is 3.08. The molecule has 0 unspecified atom stereocenters. The molecule has 1 amide bonds. The number of piperazine rings is 1. The van der Waals surface area contributed by atoms with Crippen molar-refractivity contribution in [2.45, 2.75) is 25.8 Å². The summed E-state index contributed by atoms with van der Waals surface area (Å²) < 4.78 is 5.48. The van der Waals surface area contributed by atoms with Crippen LogP contribution in [-0.2, 0) is 13.0 Å². The highest BCUT2D eigenvalue weighted by atomic mass is 16.3. The minimum Gasteiger partial charge on any atom is -0.468 e. The molecule has 0 N–H and O–H groups in total. The molecule has 4 rings (SSSR count). The van der Waals surface area contributed by atoms with Gasteiger partial charge in [0.15, 0.2) is 5.78 Å². The number of rotatable bonds is 3. The van der Waals surface area contributed by atoms with Gasteiger partial charge in [0.25, 0.3) is 5.91 Å². The third kappa shape index (κ3) is 3.22. The Morgan fingerprint density at radius 1 is 1.20 bits per heavy atom. The van der Waals surface area contributed by atoms with Gasteiger partial charge >= 0.3 is 0 Å². The van der Waals surface area contributed by atoms with Crippen LogP contribution in [-0.4, -0.2) is 52.7 Å². The van der Waals surface area contributed by atoms with E-state index in [1.165, 1.54) is 11.8 Å². The van der Waals surface area contributed by atoms with Crippen molar-refractivity contribution in [3.8, 4) is 0 Å². The molecule has 1 fully saturated rings. The van der Waals surface area contributed by atoms with Gasteiger partial charge < -0.3 is 9.32 Å². The van der Waals surface area contributed by atoms with Crippen molar-refractivity contribution in [1.29, 1.82) is 0 Å². The second kappa shape index (κ2) is 6.80. The summed E-state index contributed by atoms with van der Waals surface area (Å²) in [5.41, 5.74) is 2.14. The van der Waals surface area contributed by atoms with Crippen LogP contribution < -0.4 is 0 Å². The molecule has 6 heteroatoms. The standard InChI is InChI=1S/C19H21N3O3/c23-16-4-1-5-17-18(16)15(13-25-17)19(24)22-9-7-21(8-10-22)12-14-3-2-6-20-11-14/h2-3,6,11,13H,1,4-5,7-10,12H2. The Bertz CT molecular complexity index is 776. The Morgan fingerprint density at radius 3 is 2.80 bits per heavy atom. The maximum absolute atomic E-state index is 12.8. The number of carbonyl (C=O) groups excluding carboxylic acids is 2. The number of furan rings is 1. The summed E-state index contributed by atoms with van der Waals surface area (Å²) in [4.78, 5) is 33.3. The smallest absolute Gasteiger partial charge is 0.257 e. The quantitative estimate of drug-likeness (QED) is 0.857. The number of amides is 1. The van der Waals surface area contributed by atoms with E-state index in [9.17, 15) is 9.59 Å². The molecule has 0 saturated carbocycles. The second-order valence-corrected chi connectivity index (χ2v) is 6.65. The molecule has 0 bridgehead atoms. The highest BCUT2D eigenvalue weighted by molar-refractivity contribution is 6.09. The molecule has 0 aromatic carbocycles. The lowest BCUT2D eigenvalue weighted by Crippen LogP contribution is -2.48. The van der Waals surface area contributed by atoms with Crippen molar-refractivity contribution in [3.05, 3.63) is 53.2 Å². The summed E-state index contributed by atoms with van der Waals surface area (Å²) in [5, 5.41) is 0. The van der Waals surface area contributed by atoms with Gasteiger partial charge in [-0.25, -0.2) is 0 Å². The normalized spacial score (nSPS) is 18.2. The van der Waals surface area contributed by atoms with E-state index < -0.39 is 0 Å². The molecule has 3 heterocycles. The summed E-state index contributed by atoms with van der Waals surface area (Å²) in [7, 11) is 0. The number of fused-ring (bicyclic) bond motifs is 1. The molecule has 130 valence electrons. The van der Waals surface area contributed by atoms with Crippen molar-refractivity contribution in [2.75, 3.05) is 26.2 Å². The fourth-order valence-electron chi connectivity index (χ4n) is 3.61. The molecule has 2 aliphatic rings. The molecule has 2 aromatic heterocycles. The third-order valence-corrected chi connectivity index (χ3v) is 4.97. The maximum atomic E-state index is 12.8. The highest BCUT2D eigenvalue weighted by Gasteiger charge is 2.31. The Morgan fingerprint density at radius 2 is 2.04 bits per heavy atom. The zero-order chi connectivity index (χ0) is 17.2. The molecule has 6 nitrogen and oxygen atoms in total. The zero-order valence-electron chi connectivity index (χ0n) is 14.1. The number of ketones is 1. The topological polar surface area (TPSA) is 66.7 Å².